The molecule has 7 rings (SSSR count). The van der Waals surface area contributed by atoms with E-state index >= 15 is 0 Å². The molecule has 0 aliphatic heterocycles. The van der Waals surface area contributed by atoms with Crippen LogP contribution in [0.3, 0.4) is 0 Å². The fourth-order valence-electron chi connectivity index (χ4n) is 6.17. The van der Waals surface area contributed by atoms with Gasteiger partial charge in [0.15, 0.2) is 0 Å². The normalized spacial score (nSPS) is 13.0. The number of aryl methyl sites for hydroxylation is 7. The summed E-state index contributed by atoms with van der Waals surface area (Å²) in [5.41, 5.74) is 10.5. The molecule has 1 aliphatic carbocycles. The molecule has 0 fully saturated rings. The Labute approximate surface area is 271 Å². The van der Waals surface area contributed by atoms with E-state index in [9.17, 15) is 0 Å². The molecule has 1 aliphatic rings. The number of aromatic nitrogens is 8. The first kappa shape index (κ1) is 31.3. The lowest BCUT2D eigenvalue weighted by atomic mass is 9.98. The SMILES string of the molecule is CCCC(CC)c1cn(C)c(CCc2cnc3ccccc3n2)n1.Cc1nc2ccccc2nc1CCc1nc2c([nH]1)CCC=C2. The molecule has 2 aromatic carbocycles. The number of hydrogen-bond acceptors (Lipinski definition) is 6. The number of rotatable bonds is 10. The maximum Gasteiger partial charge on any atom is 0.109 e. The Morgan fingerprint density at radius 2 is 1.57 bits per heavy atom. The van der Waals surface area contributed by atoms with Crippen LogP contribution in [0, 0.1) is 6.92 Å². The maximum atomic E-state index is 4.89. The Balaban J connectivity index is 0.000000162. The van der Waals surface area contributed by atoms with Crippen LogP contribution < -0.4 is 0 Å². The number of imidazole rings is 2. The number of aromatic amines is 1. The molecule has 0 bridgehead atoms. The Morgan fingerprint density at radius 1 is 0.826 bits per heavy atom. The summed E-state index contributed by atoms with van der Waals surface area (Å²) in [5, 5.41) is 0. The van der Waals surface area contributed by atoms with Crippen molar-refractivity contribution in [3.05, 3.63) is 113 Å². The molecular weight excluding hydrogens is 568 g/mol. The molecule has 0 saturated carbocycles. The highest BCUT2D eigenvalue weighted by Gasteiger charge is 2.15. The number of nitrogens with one attached hydrogen (secondary N) is 1. The van der Waals surface area contributed by atoms with Gasteiger partial charge in [0.25, 0.3) is 0 Å². The van der Waals surface area contributed by atoms with Crippen LogP contribution in [-0.2, 0) is 39.2 Å². The van der Waals surface area contributed by atoms with Crippen molar-refractivity contribution in [1.29, 1.82) is 0 Å². The lowest BCUT2D eigenvalue weighted by Crippen LogP contribution is -2.02. The van der Waals surface area contributed by atoms with Gasteiger partial charge in [-0.3, -0.25) is 4.98 Å². The minimum absolute atomic E-state index is 0.579. The maximum absolute atomic E-state index is 4.89. The van der Waals surface area contributed by atoms with Gasteiger partial charge >= 0.3 is 0 Å². The summed E-state index contributed by atoms with van der Waals surface area (Å²) in [4.78, 5) is 31.6. The summed E-state index contributed by atoms with van der Waals surface area (Å²) in [6.45, 7) is 6.52. The highest BCUT2D eigenvalue weighted by Crippen LogP contribution is 2.24. The Bertz CT molecular complexity index is 1950. The second-order valence-corrected chi connectivity index (χ2v) is 12.2. The van der Waals surface area contributed by atoms with E-state index in [1.165, 1.54) is 24.2 Å². The second kappa shape index (κ2) is 14.6. The van der Waals surface area contributed by atoms with Gasteiger partial charge in [-0.05, 0) is 75.8 Å². The first-order valence-electron chi connectivity index (χ1n) is 16.7. The van der Waals surface area contributed by atoms with Crippen LogP contribution in [-0.4, -0.2) is 39.5 Å². The van der Waals surface area contributed by atoms with Crippen molar-refractivity contribution in [2.75, 3.05) is 0 Å². The summed E-state index contributed by atoms with van der Waals surface area (Å²) in [5.74, 6) is 2.76. The Morgan fingerprint density at radius 3 is 2.30 bits per heavy atom. The smallest absolute Gasteiger partial charge is 0.109 e. The average Bonchev–Trinajstić information content (AvgIpc) is 3.68. The van der Waals surface area contributed by atoms with Crippen LogP contribution in [0.1, 0.15) is 91.3 Å². The molecule has 46 heavy (non-hydrogen) atoms. The number of H-pyrrole nitrogens is 1. The van der Waals surface area contributed by atoms with Gasteiger partial charge in [0, 0.05) is 43.9 Å². The van der Waals surface area contributed by atoms with E-state index in [1.54, 1.807) is 0 Å². The fourth-order valence-corrected chi connectivity index (χ4v) is 6.17. The largest absolute Gasteiger partial charge is 0.345 e. The quantitative estimate of drug-likeness (QED) is 0.169. The van der Waals surface area contributed by atoms with Crippen molar-refractivity contribution in [2.45, 2.75) is 84.5 Å². The molecule has 236 valence electrons. The third-order valence-corrected chi connectivity index (χ3v) is 8.78. The van der Waals surface area contributed by atoms with Crippen LogP contribution in [0.4, 0.5) is 0 Å². The van der Waals surface area contributed by atoms with E-state index in [2.05, 4.69) is 63.7 Å². The highest BCUT2D eigenvalue weighted by atomic mass is 15.0. The monoisotopic (exact) mass is 612 g/mol. The van der Waals surface area contributed by atoms with Gasteiger partial charge < -0.3 is 9.55 Å². The van der Waals surface area contributed by atoms with E-state index < -0.39 is 0 Å². The van der Waals surface area contributed by atoms with Crippen molar-refractivity contribution < 1.29 is 0 Å². The molecule has 6 aromatic rings. The van der Waals surface area contributed by atoms with E-state index in [-0.39, 0.29) is 0 Å². The third kappa shape index (κ3) is 7.39. The molecule has 1 atom stereocenters. The lowest BCUT2D eigenvalue weighted by Gasteiger charge is -2.09. The van der Waals surface area contributed by atoms with Gasteiger partial charge in [-0.15, -0.1) is 0 Å². The standard InChI is InChI=1S/C20H26N4.C18H18N4/c1-4-8-15(5-2)19-14-24(3)20(23-19)12-11-16-13-21-17-9-6-7-10-18(17)22-16;1-12-13(20-15-7-3-2-6-14(15)19-12)10-11-18-21-16-8-4-5-9-17(16)22-18/h6-7,9-10,13-15H,4-5,8,11-12H2,1-3H3;2-4,6-8H,5,9-11H2,1H3,(H,21,22). The van der Waals surface area contributed by atoms with Gasteiger partial charge in [-0.1, -0.05) is 50.6 Å². The number of nitrogens with zero attached hydrogens (tertiary/aromatic N) is 7. The molecule has 8 heteroatoms. The molecule has 0 spiro atoms. The predicted octanol–water partition coefficient (Wildman–Crippen LogP) is 7.85. The molecule has 4 aromatic heterocycles. The summed E-state index contributed by atoms with van der Waals surface area (Å²) < 4.78 is 2.17. The van der Waals surface area contributed by atoms with Gasteiger partial charge in [-0.25, -0.2) is 24.9 Å². The van der Waals surface area contributed by atoms with Crippen LogP contribution in [0.5, 0.6) is 0 Å². The summed E-state index contributed by atoms with van der Waals surface area (Å²) in [6, 6.07) is 16.0. The first-order valence-corrected chi connectivity index (χ1v) is 16.7. The van der Waals surface area contributed by atoms with Crippen LogP contribution in [0.2, 0.25) is 0 Å². The summed E-state index contributed by atoms with van der Waals surface area (Å²) >= 11 is 0. The molecule has 0 radical (unpaired) electrons. The molecule has 4 heterocycles. The summed E-state index contributed by atoms with van der Waals surface area (Å²) in [7, 11) is 2.09. The van der Waals surface area contributed by atoms with E-state index in [0.29, 0.717) is 5.92 Å². The van der Waals surface area contributed by atoms with Gasteiger partial charge in [-0.2, -0.15) is 0 Å². The highest BCUT2D eigenvalue weighted by molar-refractivity contribution is 5.74. The first-order chi connectivity index (χ1) is 22.5. The number of hydrogen-bond donors (Lipinski definition) is 1. The number of benzene rings is 2. The van der Waals surface area contributed by atoms with E-state index in [1.807, 2.05) is 61.7 Å². The van der Waals surface area contributed by atoms with Crippen molar-refractivity contribution >= 4 is 28.1 Å². The number of allylic oxidation sites excluding steroid dienone is 1. The van der Waals surface area contributed by atoms with Crippen molar-refractivity contribution in [3.63, 3.8) is 0 Å². The predicted molar refractivity (Wildman–Crippen MR) is 186 cm³/mol. The molecule has 8 nitrogen and oxygen atoms in total. The molecular formula is C38H44N8. The van der Waals surface area contributed by atoms with Gasteiger partial charge in [0.2, 0.25) is 0 Å². The molecule has 0 amide bonds. The lowest BCUT2D eigenvalue weighted by molar-refractivity contribution is 0.582. The van der Waals surface area contributed by atoms with Gasteiger partial charge in [0.1, 0.15) is 11.6 Å². The second-order valence-electron chi connectivity index (χ2n) is 12.2. The third-order valence-electron chi connectivity index (χ3n) is 8.78. The van der Waals surface area contributed by atoms with E-state index in [4.69, 9.17) is 15.0 Å². The summed E-state index contributed by atoms with van der Waals surface area (Å²) in [6.07, 6.45) is 17.6. The fraction of sp³-hybridized carbons (Fsp3) is 0.368. The zero-order valence-corrected chi connectivity index (χ0v) is 27.5. The zero-order chi connectivity index (χ0) is 31.9. The van der Waals surface area contributed by atoms with Crippen molar-refractivity contribution in [3.8, 4) is 0 Å². The average molecular weight is 613 g/mol. The topological polar surface area (TPSA) is 98.1 Å². The van der Waals surface area contributed by atoms with Crippen LogP contribution in [0.15, 0.2) is 67.0 Å². The van der Waals surface area contributed by atoms with Crippen LogP contribution in [0.25, 0.3) is 28.1 Å². The molecule has 1 N–H and O–H groups in total. The van der Waals surface area contributed by atoms with Gasteiger partial charge in [0.05, 0.1) is 50.5 Å². The minimum atomic E-state index is 0.579. The molecule has 1 unspecified atom stereocenters. The number of para-hydroxylation sites is 4. The Hall–Kier alpha value is -4.72. The van der Waals surface area contributed by atoms with E-state index in [0.717, 1.165) is 101 Å². The zero-order valence-electron chi connectivity index (χ0n) is 27.5. The minimum Gasteiger partial charge on any atom is -0.345 e. The van der Waals surface area contributed by atoms with Crippen LogP contribution >= 0.6 is 0 Å². The molecule has 0 saturated heterocycles. The van der Waals surface area contributed by atoms with Crippen molar-refractivity contribution in [2.24, 2.45) is 7.05 Å². The Kier molecular flexibility index (Phi) is 9.91. The number of fused-ring (bicyclic) bond motifs is 3. The van der Waals surface area contributed by atoms with Crippen molar-refractivity contribution in [1.82, 2.24) is 39.5 Å².